The summed E-state index contributed by atoms with van der Waals surface area (Å²) < 4.78 is 6.06. The van der Waals surface area contributed by atoms with Gasteiger partial charge in [-0.15, -0.1) is 0 Å². The Bertz CT molecular complexity index is 637. The molecule has 1 fully saturated rings. The van der Waals surface area contributed by atoms with Crippen molar-refractivity contribution in [2.75, 3.05) is 19.7 Å². The van der Waals surface area contributed by atoms with Crippen molar-refractivity contribution in [2.24, 2.45) is 0 Å². The van der Waals surface area contributed by atoms with E-state index in [1.807, 2.05) is 0 Å². The summed E-state index contributed by atoms with van der Waals surface area (Å²) in [6, 6.07) is 20.0. The lowest BCUT2D eigenvalue weighted by molar-refractivity contribution is 0.121. The van der Waals surface area contributed by atoms with E-state index in [2.05, 4.69) is 66.4 Å². The van der Waals surface area contributed by atoms with Crippen molar-refractivity contribution in [3.8, 4) is 5.75 Å². The number of rotatable bonds is 10. The fourth-order valence-electron chi connectivity index (χ4n) is 4.09. The molecule has 2 nitrogen and oxygen atoms in total. The monoisotopic (exact) mass is 365 g/mol. The van der Waals surface area contributed by atoms with E-state index in [0.29, 0.717) is 6.04 Å². The summed E-state index contributed by atoms with van der Waals surface area (Å²) in [7, 11) is 0. The highest BCUT2D eigenvalue weighted by molar-refractivity contribution is 5.31. The fraction of sp³-hybridized carbons (Fsp3) is 0.520. The smallest absolute Gasteiger partial charge is 0.119 e. The number of ether oxygens (including phenoxy) is 1. The van der Waals surface area contributed by atoms with Crippen LogP contribution >= 0.6 is 0 Å². The molecule has 1 unspecified atom stereocenters. The molecule has 0 aliphatic carbocycles. The molecule has 1 saturated heterocycles. The topological polar surface area (TPSA) is 12.5 Å². The fourth-order valence-corrected chi connectivity index (χ4v) is 4.09. The van der Waals surface area contributed by atoms with Crippen LogP contribution in [0.1, 0.15) is 63.0 Å². The largest absolute Gasteiger partial charge is 0.494 e. The number of hydrogen-bond donors (Lipinski definition) is 0. The molecule has 3 rings (SSSR count). The minimum absolute atomic E-state index is 0.716. The first kappa shape index (κ1) is 19.9. The van der Waals surface area contributed by atoms with Crippen LogP contribution < -0.4 is 4.74 Å². The Labute approximate surface area is 165 Å². The van der Waals surface area contributed by atoms with Crippen LogP contribution in [0.25, 0.3) is 0 Å². The summed E-state index contributed by atoms with van der Waals surface area (Å²) in [5.41, 5.74) is 2.69. The lowest BCUT2D eigenvalue weighted by Gasteiger charge is -2.35. The van der Waals surface area contributed by atoms with Gasteiger partial charge in [-0.3, -0.25) is 0 Å². The Balaban J connectivity index is 1.42. The average Bonchev–Trinajstić information content (AvgIpc) is 2.71. The van der Waals surface area contributed by atoms with Crippen LogP contribution in [0, 0.1) is 0 Å². The average molecular weight is 366 g/mol. The van der Waals surface area contributed by atoms with Gasteiger partial charge in [0.2, 0.25) is 0 Å². The molecule has 0 saturated carbocycles. The summed E-state index contributed by atoms with van der Waals surface area (Å²) in [6.45, 7) is 5.66. The van der Waals surface area contributed by atoms with Crippen LogP contribution in [0.2, 0.25) is 0 Å². The molecule has 1 atom stereocenters. The van der Waals surface area contributed by atoms with E-state index < -0.39 is 0 Å². The number of nitrogens with zero attached hydrogens (tertiary/aromatic N) is 1. The quantitative estimate of drug-likeness (QED) is 0.472. The first-order chi connectivity index (χ1) is 13.3. The van der Waals surface area contributed by atoms with Crippen molar-refractivity contribution in [2.45, 2.75) is 64.3 Å². The molecule has 146 valence electrons. The molecule has 0 N–H and O–H groups in total. The molecule has 0 radical (unpaired) electrons. The van der Waals surface area contributed by atoms with Gasteiger partial charge in [0.1, 0.15) is 5.75 Å². The van der Waals surface area contributed by atoms with E-state index in [4.69, 9.17) is 4.74 Å². The van der Waals surface area contributed by atoms with Gasteiger partial charge < -0.3 is 9.64 Å². The second-order valence-corrected chi connectivity index (χ2v) is 7.84. The highest BCUT2D eigenvalue weighted by atomic mass is 16.5. The molecule has 2 aromatic rings. The van der Waals surface area contributed by atoms with Gasteiger partial charge in [-0.2, -0.15) is 0 Å². The highest BCUT2D eigenvalue weighted by Gasteiger charge is 2.21. The molecule has 0 aromatic heterocycles. The maximum absolute atomic E-state index is 6.06. The predicted octanol–water partition coefficient (Wildman–Crippen LogP) is 6.09. The summed E-state index contributed by atoms with van der Waals surface area (Å²) in [6.07, 6.45) is 10.2. The zero-order chi connectivity index (χ0) is 18.7. The molecular formula is C25H35NO. The third-order valence-electron chi connectivity index (χ3n) is 5.69. The van der Waals surface area contributed by atoms with Crippen molar-refractivity contribution in [3.63, 3.8) is 0 Å². The summed E-state index contributed by atoms with van der Waals surface area (Å²) >= 11 is 0. The maximum Gasteiger partial charge on any atom is 0.119 e. The van der Waals surface area contributed by atoms with Crippen molar-refractivity contribution in [1.82, 2.24) is 4.90 Å². The molecule has 1 aliphatic rings. The minimum atomic E-state index is 0.716. The number of unbranched alkanes of at least 4 members (excludes halogenated alkanes) is 2. The zero-order valence-corrected chi connectivity index (χ0v) is 16.9. The number of hydrogen-bond acceptors (Lipinski definition) is 2. The van der Waals surface area contributed by atoms with Crippen LogP contribution in [0.3, 0.4) is 0 Å². The molecule has 2 aromatic carbocycles. The molecular weight excluding hydrogens is 330 g/mol. The van der Waals surface area contributed by atoms with Gasteiger partial charge in [-0.25, -0.2) is 0 Å². The first-order valence-electron chi connectivity index (χ1n) is 10.8. The maximum atomic E-state index is 6.06. The molecule has 1 heterocycles. The third kappa shape index (κ3) is 6.70. The van der Waals surface area contributed by atoms with Gasteiger partial charge in [0, 0.05) is 6.04 Å². The summed E-state index contributed by atoms with van der Waals surface area (Å²) in [5, 5.41) is 0. The number of benzene rings is 2. The van der Waals surface area contributed by atoms with Gasteiger partial charge in [0.15, 0.2) is 0 Å². The Morgan fingerprint density at radius 2 is 1.70 bits per heavy atom. The normalized spacial score (nSPS) is 17.7. The van der Waals surface area contributed by atoms with Gasteiger partial charge in [-0.05, 0) is 68.5 Å². The van der Waals surface area contributed by atoms with Crippen LogP contribution in [0.15, 0.2) is 54.6 Å². The lowest BCUT2D eigenvalue weighted by atomic mass is 9.99. The zero-order valence-electron chi connectivity index (χ0n) is 16.9. The summed E-state index contributed by atoms with van der Waals surface area (Å²) in [5.74, 6) is 1.00. The molecule has 1 aliphatic heterocycles. The van der Waals surface area contributed by atoms with Crippen LogP contribution in [0.4, 0.5) is 0 Å². The Kier molecular flexibility index (Phi) is 8.23. The SMILES string of the molecule is CCCCCN1CCCCC1CCOc1ccc(Cc2ccccc2)cc1. The van der Waals surface area contributed by atoms with E-state index in [1.54, 1.807) is 0 Å². The standard InChI is InChI=1S/C25H35NO/c1-2-3-8-18-26-19-9-7-12-24(26)17-20-27-25-15-13-23(14-16-25)21-22-10-5-4-6-11-22/h4-6,10-11,13-16,24H,2-3,7-9,12,17-21H2,1H3. The van der Waals surface area contributed by atoms with Gasteiger partial charge in [0.05, 0.1) is 6.61 Å². The van der Waals surface area contributed by atoms with E-state index in [9.17, 15) is 0 Å². The molecule has 0 bridgehead atoms. The van der Waals surface area contributed by atoms with E-state index in [1.165, 1.54) is 62.7 Å². The number of piperidine rings is 1. The molecule has 27 heavy (non-hydrogen) atoms. The first-order valence-corrected chi connectivity index (χ1v) is 10.8. The van der Waals surface area contributed by atoms with Crippen molar-refractivity contribution < 1.29 is 4.74 Å². The Hall–Kier alpha value is -1.80. The van der Waals surface area contributed by atoms with E-state index in [-0.39, 0.29) is 0 Å². The van der Waals surface area contributed by atoms with Crippen molar-refractivity contribution in [3.05, 3.63) is 65.7 Å². The minimum Gasteiger partial charge on any atom is -0.494 e. The van der Waals surface area contributed by atoms with E-state index >= 15 is 0 Å². The summed E-state index contributed by atoms with van der Waals surface area (Å²) in [4.78, 5) is 2.71. The van der Waals surface area contributed by atoms with Crippen molar-refractivity contribution in [1.29, 1.82) is 0 Å². The molecule has 0 amide bonds. The molecule has 2 heteroatoms. The van der Waals surface area contributed by atoms with Crippen LogP contribution in [0.5, 0.6) is 5.75 Å². The van der Waals surface area contributed by atoms with Crippen LogP contribution in [-0.4, -0.2) is 30.6 Å². The van der Waals surface area contributed by atoms with Gasteiger partial charge in [-0.1, -0.05) is 68.7 Å². The molecule has 0 spiro atoms. The highest BCUT2D eigenvalue weighted by Crippen LogP contribution is 2.21. The number of likely N-dealkylation sites (tertiary alicyclic amines) is 1. The second kappa shape index (κ2) is 11.1. The van der Waals surface area contributed by atoms with Crippen LogP contribution in [-0.2, 0) is 6.42 Å². The van der Waals surface area contributed by atoms with Gasteiger partial charge >= 0.3 is 0 Å². The van der Waals surface area contributed by atoms with Crippen molar-refractivity contribution >= 4 is 0 Å². The second-order valence-electron chi connectivity index (χ2n) is 7.84. The van der Waals surface area contributed by atoms with Gasteiger partial charge in [0.25, 0.3) is 0 Å². The predicted molar refractivity (Wildman–Crippen MR) is 115 cm³/mol. The van der Waals surface area contributed by atoms with E-state index in [0.717, 1.165) is 25.2 Å². The third-order valence-corrected chi connectivity index (χ3v) is 5.69. The Morgan fingerprint density at radius 1 is 0.926 bits per heavy atom. The lowest BCUT2D eigenvalue weighted by Crippen LogP contribution is -2.40. The Morgan fingerprint density at radius 3 is 2.48 bits per heavy atom.